The molecule has 8 heteroatoms. The van der Waals surface area contributed by atoms with Gasteiger partial charge in [0.25, 0.3) is 5.09 Å². The monoisotopic (exact) mass is 282 g/mol. The van der Waals surface area contributed by atoms with Gasteiger partial charge in [0.15, 0.2) is 0 Å². The predicted molar refractivity (Wildman–Crippen MR) is 70.1 cm³/mol. The van der Waals surface area contributed by atoms with Gasteiger partial charge >= 0.3 is 0 Å². The Morgan fingerprint density at radius 1 is 1.47 bits per heavy atom. The van der Waals surface area contributed by atoms with E-state index in [-0.39, 0.29) is 6.61 Å². The van der Waals surface area contributed by atoms with E-state index >= 15 is 0 Å². The lowest BCUT2D eigenvalue weighted by molar-refractivity contribution is -0.757. The maximum absolute atomic E-state index is 10.1. The van der Waals surface area contributed by atoms with Crippen molar-refractivity contribution in [3.63, 3.8) is 0 Å². The van der Waals surface area contributed by atoms with Crippen LogP contribution in [0.15, 0.2) is 6.07 Å². The van der Waals surface area contributed by atoms with Gasteiger partial charge in [-0.15, -0.1) is 10.1 Å². The number of thiazole rings is 1. The number of hydrogen-bond donors (Lipinski definition) is 0. The topological polar surface area (TPSA) is 83.1 Å². The Balaban J connectivity index is 2.16. The van der Waals surface area contributed by atoms with Crippen molar-refractivity contribution in [3.8, 4) is 5.13 Å². The highest BCUT2D eigenvalue weighted by molar-refractivity contribution is 7.14. The summed E-state index contributed by atoms with van der Waals surface area (Å²) in [5.41, 5.74) is 2.81. The number of nitrogens with zero attached hydrogens (tertiary/aromatic N) is 4. The Morgan fingerprint density at radius 2 is 2.21 bits per heavy atom. The van der Waals surface area contributed by atoms with Gasteiger partial charge in [0.1, 0.15) is 6.61 Å². The van der Waals surface area contributed by atoms with Crippen molar-refractivity contribution in [3.05, 3.63) is 38.1 Å². The second kappa shape index (κ2) is 5.35. The average molecular weight is 282 g/mol. The molecule has 0 saturated carbocycles. The molecule has 0 aliphatic heterocycles. The van der Waals surface area contributed by atoms with Crippen LogP contribution < -0.4 is 0 Å². The van der Waals surface area contributed by atoms with E-state index in [1.165, 1.54) is 11.3 Å². The average Bonchev–Trinajstić information content (AvgIpc) is 2.82. The highest BCUT2D eigenvalue weighted by Gasteiger charge is 2.12. The van der Waals surface area contributed by atoms with Crippen LogP contribution in [-0.4, -0.2) is 26.5 Å². The standard InChI is InChI=1S/C11H14N4O3S/c1-7-6-8(2)14(13-7)11-12-9(3)10(19-11)4-5-18-15(16)17/h6H,4-5H2,1-3H3. The van der Waals surface area contributed by atoms with Crippen molar-refractivity contribution in [1.29, 1.82) is 0 Å². The van der Waals surface area contributed by atoms with Gasteiger partial charge in [-0.1, -0.05) is 11.3 Å². The van der Waals surface area contributed by atoms with Crippen molar-refractivity contribution in [2.45, 2.75) is 27.2 Å². The first kappa shape index (κ1) is 13.5. The normalized spacial score (nSPS) is 10.7. The molecule has 0 saturated heterocycles. The fourth-order valence-electron chi connectivity index (χ4n) is 1.77. The number of aryl methyl sites for hydroxylation is 3. The molecule has 0 aliphatic rings. The third kappa shape index (κ3) is 3.08. The quantitative estimate of drug-likeness (QED) is 0.618. The second-order valence-corrected chi connectivity index (χ2v) is 5.21. The minimum absolute atomic E-state index is 0.0482. The Hall–Kier alpha value is -1.96. The summed E-state index contributed by atoms with van der Waals surface area (Å²) in [6, 6.07) is 1.98. The molecular formula is C11H14N4O3S. The van der Waals surface area contributed by atoms with Gasteiger partial charge in [-0.05, 0) is 26.8 Å². The van der Waals surface area contributed by atoms with Crippen LogP contribution >= 0.6 is 11.3 Å². The molecule has 2 rings (SSSR count). The number of hydrogen-bond acceptors (Lipinski definition) is 6. The molecule has 0 aromatic carbocycles. The van der Waals surface area contributed by atoms with E-state index in [4.69, 9.17) is 0 Å². The minimum Gasteiger partial charge on any atom is -0.314 e. The van der Waals surface area contributed by atoms with Gasteiger partial charge in [0.05, 0.1) is 11.4 Å². The molecule has 0 bridgehead atoms. The van der Waals surface area contributed by atoms with Crippen molar-refractivity contribution >= 4 is 11.3 Å². The van der Waals surface area contributed by atoms with Crippen LogP contribution in [0.25, 0.3) is 5.13 Å². The first-order valence-corrected chi connectivity index (χ1v) is 6.56. The molecule has 2 aromatic heterocycles. The van der Waals surface area contributed by atoms with Crippen LogP contribution in [0.2, 0.25) is 0 Å². The van der Waals surface area contributed by atoms with E-state index in [9.17, 15) is 10.1 Å². The predicted octanol–water partition coefficient (Wildman–Crippen LogP) is 2.00. The van der Waals surface area contributed by atoms with E-state index in [0.29, 0.717) is 6.42 Å². The zero-order valence-electron chi connectivity index (χ0n) is 10.9. The fraction of sp³-hybridized carbons (Fsp3) is 0.455. The summed E-state index contributed by atoms with van der Waals surface area (Å²) in [6.45, 7) is 5.82. The Labute approximate surface area is 114 Å². The Bertz CT molecular complexity index is 605. The minimum atomic E-state index is -0.779. The molecule has 0 unspecified atom stereocenters. The summed E-state index contributed by atoms with van der Waals surface area (Å²) in [5.74, 6) is 0. The molecule has 0 atom stereocenters. The third-order valence-electron chi connectivity index (χ3n) is 2.60. The summed E-state index contributed by atoms with van der Waals surface area (Å²) in [5, 5.41) is 14.5. The zero-order valence-corrected chi connectivity index (χ0v) is 11.7. The summed E-state index contributed by atoms with van der Waals surface area (Å²) < 4.78 is 1.78. The van der Waals surface area contributed by atoms with Crippen LogP contribution in [0.1, 0.15) is 22.0 Å². The second-order valence-electron chi connectivity index (χ2n) is 4.15. The third-order valence-corrected chi connectivity index (χ3v) is 3.79. The summed E-state index contributed by atoms with van der Waals surface area (Å²) >= 11 is 1.48. The van der Waals surface area contributed by atoms with E-state index in [1.807, 2.05) is 26.8 Å². The number of aromatic nitrogens is 3. The molecule has 0 aliphatic carbocycles. The van der Waals surface area contributed by atoms with Crippen molar-refractivity contribution < 1.29 is 9.92 Å². The molecule has 0 amide bonds. The van der Waals surface area contributed by atoms with Gasteiger partial charge in [0, 0.05) is 17.0 Å². The largest absolute Gasteiger partial charge is 0.314 e. The molecule has 0 fully saturated rings. The lowest BCUT2D eigenvalue weighted by Gasteiger charge is -1.97. The van der Waals surface area contributed by atoms with E-state index in [1.54, 1.807) is 4.68 Å². The lowest BCUT2D eigenvalue weighted by Crippen LogP contribution is -2.04. The van der Waals surface area contributed by atoms with Crippen LogP contribution in [0.3, 0.4) is 0 Å². The van der Waals surface area contributed by atoms with Crippen LogP contribution in [0.5, 0.6) is 0 Å². The van der Waals surface area contributed by atoms with Gasteiger partial charge in [-0.2, -0.15) is 5.10 Å². The Morgan fingerprint density at radius 3 is 2.79 bits per heavy atom. The molecule has 2 heterocycles. The van der Waals surface area contributed by atoms with E-state index < -0.39 is 5.09 Å². The van der Waals surface area contributed by atoms with Gasteiger partial charge in [0.2, 0.25) is 5.13 Å². The van der Waals surface area contributed by atoms with E-state index in [2.05, 4.69) is 14.9 Å². The zero-order chi connectivity index (χ0) is 14.0. The molecule has 0 N–H and O–H groups in total. The van der Waals surface area contributed by atoms with Crippen LogP contribution in [0, 0.1) is 30.9 Å². The summed E-state index contributed by atoms with van der Waals surface area (Å²) in [7, 11) is 0. The summed E-state index contributed by atoms with van der Waals surface area (Å²) in [6.07, 6.45) is 0.476. The molecule has 102 valence electrons. The number of rotatable bonds is 5. The smallest absolute Gasteiger partial charge is 0.294 e. The first-order valence-electron chi connectivity index (χ1n) is 5.74. The summed E-state index contributed by atoms with van der Waals surface area (Å²) in [4.78, 5) is 19.9. The van der Waals surface area contributed by atoms with Gasteiger partial charge in [-0.25, -0.2) is 9.67 Å². The molecule has 2 aromatic rings. The van der Waals surface area contributed by atoms with Crippen LogP contribution in [0.4, 0.5) is 0 Å². The van der Waals surface area contributed by atoms with E-state index in [0.717, 1.165) is 27.1 Å². The van der Waals surface area contributed by atoms with Crippen molar-refractivity contribution in [2.24, 2.45) is 0 Å². The van der Waals surface area contributed by atoms with Crippen molar-refractivity contribution in [2.75, 3.05) is 6.61 Å². The molecule has 0 spiro atoms. The fourth-order valence-corrected chi connectivity index (χ4v) is 2.82. The maximum Gasteiger partial charge on any atom is 0.294 e. The maximum atomic E-state index is 10.1. The van der Waals surface area contributed by atoms with Crippen molar-refractivity contribution in [1.82, 2.24) is 14.8 Å². The van der Waals surface area contributed by atoms with Crippen LogP contribution in [-0.2, 0) is 11.3 Å². The van der Waals surface area contributed by atoms with Gasteiger partial charge < -0.3 is 4.84 Å². The molecule has 7 nitrogen and oxygen atoms in total. The molecule has 0 radical (unpaired) electrons. The SMILES string of the molecule is Cc1cc(C)n(-c2nc(C)c(CCO[N+](=O)[O-])s2)n1. The molecule has 19 heavy (non-hydrogen) atoms. The highest BCUT2D eigenvalue weighted by atomic mass is 32.1. The molecular weight excluding hydrogens is 268 g/mol. The Kier molecular flexibility index (Phi) is 3.79. The first-order chi connectivity index (χ1) is 8.97. The highest BCUT2D eigenvalue weighted by Crippen LogP contribution is 2.23. The van der Waals surface area contributed by atoms with Gasteiger partial charge in [-0.3, -0.25) is 0 Å². The lowest BCUT2D eigenvalue weighted by atomic mass is 10.3.